The van der Waals surface area contributed by atoms with E-state index in [0.717, 1.165) is 36.0 Å². The topological polar surface area (TPSA) is 39.2 Å². The molecule has 0 bridgehead atoms. The monoisotopic (exact) mass is 265 g/mol. The lowest BCUT2D eigenvalue weighted by Gasteiger charge is -2.08. The summed E-state index contributed by atoms with van der Waals surface area (Å²) in [5, 5.41) is 1.13. The van der Waals surface area contributed by atoms with Crippen molar-refractivity contribution in [1.29, 1.82) is 0 Å². The van der Waals surface area contributed by atoms with Crippen molar-refractivity contribution >= 4 is 11.0 Å². The first-order valence-corrected chi connectivity index (χ1v) is 7.11. The molecule has 1 heterocycles. The standard InChI is InChI=1S/C18H19NO/c19-16(11-6-9-14-7-2-1-3-8-14)18-13-15-10-4-5-12-17(15)20-18/h1-5,7-8,10,12-13,16H,6,9,11,19H2. The minimum atomic E-state index is -0.0221. The highest BCUT2D eigenvalue weighted by Crippen LogP contribution is 2.25. The fourth-order valence-corrected chi connectivity index (χ4v) is 2.50. The van der Waals surface area contributed by atoms with E-state index in [9.17, 15) is 0 Å². The number of hydrogen-bond acceptors (Lipinski definition) is 2. The molecule has 0 spiro atoms. The Bertz CT molecular complexity index is 639. The minimum absolute atomic E-state index is 0.0221. The van der Waals surface area contributed by atoms with E-state index in [4.69, 9.17) is 10.2 Å². The van der Waals surface area contributed by atoms with Crippen molar-refractivity contribution in [3.8, 4) is 0 Å². The molecule has 3 rings (SSSR count). The minimum Gasteiger partial charge on any atom is -0.459 e. The van der Waals surface area contributed by atoms with Crippen LogP contribution in [0.25, 0.3) is 11.0 Å². The van der Waals surface area contributed by atoms with Gasteiger partial charge in [0, 0.05) is 5.39 Å². The summed E-state index contributed by atoms with van der Waals surface area (Å²) in [5.41, 5.74) is 8.51. The van der Waals surface area contributed by atoms with Crippen LogP contribution in [0.4, 0.5) is 0 Å². The lowest BCUT2D eigenvalue weighted by atomic mass is 10.0. The highest BCUT2D eigenvalue weighted by molar-refractivity contribution is 5.77. The zero-order valence-electron chi connectivity index (χ0n) is 11.5. The Morgan fingerprint density at radius 3 is 2.50 bits per heavy atom. The van der Waals surface area contributed by atoms with E-state index in [1.165, 1.54) is 5.56 Å². The van der Waals surface area contributed by atoms with Crippen LogP contribution in [-0.4, -0.2) is 0 Å². The predicted octanol–water partition coefficient (Wildman–Crippen LogP) is 4.46. The summed E-state index contributed by atoms with van der Waals surface area (Å²) in [6.45, 7) is 0. The van der Waals surface area contributed by atoms with Gasteiger partial charge in [-0.15, -0.1) is 0 Å². The molecule has 2 heteroatoms. The summed E-state index contributed by atoms with van der Waals surface area (Å²) in [6.07, 6.45) is 3.08. The molecule has 1 aromatic heterocycles. The third-order valence-corrected chi connectivity index (χ3v) is 3.63. The van der Waals surface area contributed by atoms with Gasteiger partial charge in [0.25, 0.3) is 0 Å². The fourth-order valence-electron chi connectivity index (χ4n) is 2.50. The van der Waals surface area contributed by atoms with Crippen LogP contribution < -0.4 is 5.73 Å². The van der Waals surface area contributed by atoms with Crippen molar-refractivity contribution in [3.05, 3.63) is 72.0 Å². The van der Waals surface area contributed by atoms with Crippen LogP contribution in [0.2, 0.25) is 0 Å². The Morgan fingerprint density at radius 2 is 1.70 bits per heavy atom. The van der Waals surface area contributed by atoms with Crippen LogP contribution in [0, 0.1) is 0 Å². The van der Waals surface area contributed by atoms with Crippen LogP contribution in [0.5, 0.6) is 0 Å². The fraction of sp³-hybridized carbons (Fsp3) is 0.222. The molecule has 20 heavy (non-hydrogen) atoms. The molecule has 0 saturated carbocycles. The second-order valence-electron chi connectivity index (χ2n) is 5.17. The summed E-state index contributed by atoms with van der Waals surface area (Å²) in [6, 6.07) is 20.6. The Labute approximate surface area is 119 Å². The van der Waals surface area contributed by atoms with Gasteiger partial charge in [0.05, 0.1) is 6.04 Å². The van der Waals surface area contributed by atoms with Crippen molar-refractivity contribution in [3.63, 3.8) is 0 Å². The SMILES string of the molecule is NC(CCCc1ccccc1)c1cc2ccccc2o1. The molecule has 0 saturated heterocycles. The number of fused-ring (bicyclic) bond motifs is 1. The van der Waals surface area contributed by atoms with E-state index in [2.05, 4.69) is 36.4 Å². The third-order valence-electron chi connectivity index (χ3n) is 3.63. The molecular formula is C18H19NO. The molecule has 0 aliphatic rings. The summed E-state index contributed by atoms with van der Waals surface area (Å²) >= 11 is 0. The molecule has 3 aromatic rings. The van der Waals surface area contributed by atoms with E-state index in [1.54, 1.807) is 0 Å². The van der Waals surface area contributed by atoms with Gasteiger partial charge in [-0.3, -0.25) is 0 Å². The molecule has 2 nitrogen and oxygen atoms in total. The largest absolute Gasteiger partial charge is 0.459 e. The molecule has 102 valence electrons. The van der Waals surface area contributed by atoms with E-state index in [1.807, 2.05) is 24.3 Å². The molecule has 2 N–H and O–H groups in total. The van der Waals surface area contributed by atoms with Gasteiger partial charge in [-0.2, -0.15) is 0 Å². The normalized spacial score (nSPS) is 12.7. The van der Waals surface area contributed by atoms with E-state index in [-0.39, 0.29) is 6.04 Å². The van der Waals surface area contributed by atoms with Gasteiger partial charge in [-0.25, -0.2) is 0 Å². The number of rotatable bonds is 5. The molecule has 0 aliphatic carbocycles. The number of aryl methyl sites for hydroxylation is 1. The zero-order chi connectivity index (χ0) is 13.8. The van der Waals surface area contributed by atoms with Crippen molar-refractivity contribution in [1.82, 2.24) is 0 Å². The van der Waals surface area contributed by atoms with Crippen molar-refractivity contribution in [2.24, 2.45) is 5.73 Å². The van der Waals surface area contributed by atoms with Gasteiger partial charge >= 0.3 is 0 Å². The van der Waals surface area contributed by atoms with E-state index < -0.39 is 0 Å². The second kappa shape index (κ2) is 5.93. The molecule has 0 aliphatic heterocycles. The second-order valence-corrected chi connectivity index (χ2v) is 5.17. The smallest absolute Gasteiger partial charge is 0.134 e. The van der Waals surface area contributed by atoms with Gasteiger partial charge in [0.1, 0.15) is 11.3 Å². The van der Waals surface area contributed by atoms with E-state index in [0.29, 0.717) is 0 Å². The van der Waals surface area contributed by atoms with Crippen molar-refractivity contribution in [2.45, 2.75) is 25.3 Å². The Kier molecular flexibility index (Phi) is 3.84. The van der Waals surface area contributed by atoms with E-state index >= 15 is 0 Å². The molecule has 1 atom stereocenters. The summed E-state index contributed by atoms with van der Waals surface area (Å²) < 4.78 is 5.81. The summed E-state index contributed by atoms with van der Waals surface area (Å²) in [7, 11) is 0. The highest BCUT2D eigenvalue weighted by atomic mass is 16.3. The number of para-hydroxylation sites is 1. The van der Waals surface area contributed by atoms with Gasteiger partial charge in [0.15, 0.2) is 0 Å². The first-order valence-electron chi connectivity index (χ1n) is 7.11. The third kappa shape index (κ3) is 2.91. The maximum atomic E-state index is 6.23. The van der Waals surface area contributed by atoms with Crippen LogP contribution in [0.15, 0.2) is 65.1 Å². The molecule has 2 aromatic carbocycles. The average molecular weight is 265 g/mol. The molecule has 0 radical (unpaired) electrons. The maximum absolute atomic E-state index is 6.23. The van der Waals surface area contributed by atoms with Gasteiger partial charge in [-0.1, -0.05) is 48.5 Å². The molecule has 0 amide bonds. The predicted molar refractivity (Wildman–Crippen MR) is 82.5 cm³/mol. The number of nitrogens with two attached hydrogens (primary N) is 1. The Morgan fingerprint density at radius 1 is 0.950 bits per heavy atom. The lowest BCUT2D eigenvalue weighted by Crippen LogP contribution is -2.09. The first kappa shape index (κ1) is 12.9. The molecular weight excluding hydrogens is 246 g/mol. The Balaban J connectivity index is 1.60. The lowest BCUT2D eigenvalue weighted by molar-refractivity contribution is 0.469. The van der Waals surface area contributed by atoms with Crippen LogP contribution >= 0.6 is 0 Å². The van der Waals surface area contributed by atoms with Crippen LogP contribution in [-0.2, 0) is 6.42 Å². The number of benzene rings is 2. The number of furan rings is 1. The van der Waals surface area contributed by atoms with Gasteiger partial charge < -0.3 is 10.2 Å². The summed E-state index contributed by atoms with van der Waals surface area (Å²) in [4.78, 5) is 0. The molecule has 1 unspecified atom stereocenters. The van der Waals surface area contributed by atoms with Crippen LogP contribution in [0.1, 0.15) is 30.2 Å². The average Bonchev–Trinajstić information content (AvgIpc) is 2.92. The number of hydrogen-bond donors (Lipinski definition) is 1. The maximum Gasteiger partial charge on any atom is 0.134 e. The quantitative estimate of drug-likeness (QED) is 0.740. The van der Waals surface area contributed by atoms with Gasteiger partial charge in [0.2, 0.25) is 0 Å². The van der Waals surface area contributed by atoms with Crippen molar-refractivity contribution < 1.29 is 4.42 Å². The first-order chi connectivity index (χ1) is 9.83. The Hall–Kier alpha value is -2.06. The summed E-state index contributed by atoms with van der Waals surface area (Å²) in [5.74, 6) is 0.888. The van der Waals surface area contributed by atoms with Gasteiger partial charge in [-0.05, 0) is 37.0 Å². The van der Waals surface area contributed by atoms with Crippen LogP contribution in [0.3, 0.4) is 0 Å². The van der Waals surface area contributed by atoms with Crippen molar-refractivity contribution in [2.75, 3.05) is 0 Å². The highest BCUT2D eigenvalue weighted by Gasteiger charge is 2.11. The molecule has 0 fully saturated rings. The zero-order valence-corrected chi connectivity index (χ0v) is 11.5.